The van der Waals surface area contributed by atoms with Gasteiger partial charge in [0.25, 0.3) is 0 Å². The van der Waals surface area contributed by atoms with Crippen LogP contribution in [0.15, 0.2) is 42.6 Å². The number of thiophene rings is 1. The van der Waals surface area contributed by atoms with Crippen molar-refractivity contribution in [1.82, 2.24) is 4.98 Å². The van der Waals surface area contributed by atoms with Crippen LogP contribution >= 0.6 is 22.9 Å². The number of benzene rings is 1. The number of anilines is 1. The highest BCUT2D eigenvalue weighted by Gasteiger charge is 2.11. The molecule has 0 amide bonds. The highest BCUT2D eigenvalue weighted by Crippen LogP contribution is 2.32. The molecule has 4 heteroatoms. The molecule has 108 valence electrons. The number of halogens is 1. The van der Waals surface area contributed by atoms with Crippen LogP contribution in [0.4, 0.5) is 5.69 Å². The third kappa shape index (κ3) is 2.89. The van der Waals surface area contributed by atoms with Gasteiger partial charge in [-0.05, 0) is 49.7 Å². The van der Waals surface area contributed by atoms with Gasteiger partial charge in [-0.3, -0.25) is 4.98 Å². The maximum Gasteiger partial charge on any atom is 0.0908 e. The molecule has 3 aromatic rings. The van der Waals surface area contributed by atoms with Gasteiger partial charge in [-0.15, -0.1) is 11.3 Å². The zero-order valence-corrected chi connectivity index (χ0v) is 13.6. The summed E-state index contributed by atoms with van der Waals surface area (Å²) in [6.45, 7) is 4.37. The molecule has 3 rings (SSSR count). The monoisotopic (exact) mass is 316 g/mol. The van der Waals surface area contributed by atoms with Crippen molar-refractivity contribution in [2.45, 2.75) is 26.3 Å². The van der Waals surface area contributed by atoms with Crippen LogP contribution in [0.3, 0.4) is 0 Å². The van der Waals surface area contributed by atoms with Crippen LogP contribution in [0, 0.1) is 0 Å². The summed E-state index contributed by atoms with van der Waals surface area (Å²) in [5, 5.41) is 5.33. The van der Waals surface area contributed by atoms with E-state index in [1.165, 1.54) is 9.75 Å². The molecule has 0 saturated heterocycles. The first-order chi connectivity index (χ1) is 10.2. The van der Waals surface area contributed by atoms with E-state index in [4.69, 9.17) is 11.6 Å². The summed E-state index contributed by atoms with van der Waals surface area (Å²) in [7, 11) is 0. The normalized spacial score (nSPS) is 12.5. The molecule has 1 atom stereocenters. The van der Waals surface area contributed by atoms with Crippen molar-refractivity contribution in [2.75, 3.05) is 5.32 Å². The standard InChI is InChI=1S/C17H17ClN2S/c1-3-12-6-9-16(21-12)11(2)20-15-8-7-14(18)17-13(15)5-4-10-19-17/h4-11,20H,3H2,1-2H3. The van der Waals surface area contributed by atoms with Crippen LogP contribution < -0.4 is 5.32 Å². The van der Waals surface area contributed by atoms with Gasteiger partial charge in [0.2, 0.25) is 0 Å². The Kier molecular flexibility index (Phi) is 4.13. The summed E-state index contributed by atoms with van der Waals surface area (Å²) in [4.78, 5) is 7.13. The van der Waals surface area contributed by atoms with Crippen LogP contribution in [-0.4, -0.2) is 4.98 Å². The first-order valence-electron chi connectivity index (χ1n) is 7.07. The van der Waals surface area contributed by atoms with Crippen molar-refractivity contribution in [3.8, 4) is 0 Å². The van der Waals surface area contributed by atoms with E-state index in [1.807, 2.05) is 29.5 Å². The Morgan fingerprint density at radius 1 is 1.24 bits per heavy atom. The number of hydrogen-bond donors (Lipinski definition) is 1. The zero-order valence-electron chi connectivity index (χ0n) is 12.1. The summed E-state index contributed by atoms with van der Waals surface area (Å²) in [6.07, 6.45) is 2.86. The zero-order chi connectivity index (χ0) is 14.8. The second-order valence-corrected chi connectivity index (χ2v) is 6.63. The number of rotatable bonds is 4. The summed E-state index contributed by atoms with van der Waals surface area (Å²) in [5.74, 6) is 0. The molecule has 0 spiro atoms. The molecule has 2 aromatic heterocycles. The number of pyridine rings is 1. The molecule has 1 aromatic carbocycles. The lowest BCUT2D eigenvalue weighted by Crippen LogP contribution is -2.05. The summed E-state index contributed by atoms with van der Waals surface area (Å²) in [5.41, 5.74) is 1.92. The molecule has 0 aliphatic carbocycles. The van der Waals surface area contributed by atoms with Crippen molar-refractivity contribution < 1.29 is 0 Å². The third-order valence-corrected chi connectivity index (χ3v) is 5.27. The second-order valence-electron chi connectivity index (χ2n) is 5.02. The molecule has 0 aliphatic heterocycles. The molecule has 0 fully saturated rings. The molecule has 0 radical (unpaired) electrons. The van der Waals surface area contributed by atoms with Crippen molar-refractivity contribution in [2.24, 2.45) is 0 Å². The first kappa shape index (κ1) is 14.4. The van der Waals surface area contributed by atoms with Gasteiger partial charge in [-0.25, -0.2) is 0 Å². The Balaban J connectivity index is 1.92. The number of hydrogen-bond acceptors (Lipinski definition) is 3. The van der Waals surface area contributed by atoms with Crippen LogP contribution in [-0.2, 0) is 6.42 Å². The lowest BCUT2D eigenvalue weighted by molar-refractivity contribution is 0.910. The fraction of sp³-hybridized carbons (Fsp3) is 0.235. The van der Waals surface area contributed by atoms with Gasteiger partial charge < -0.3 is 5.32 Å². The topological polar surface area (TPSA) is 24.9 Å². The fourth-order valence-corrected chi connectivity index (χ4v) is 3.55. The van der Waals surface area contributed by atoms with Crippen LogP contribution in [0.1, 0.15) is 29.6 Å². The van der Waals surface area contributed by atoms with E-state index < -0.39 is 0 Å². The smallest absolute Gasteiger partial charge is 0.0908 e. The van der Waals surface area contributed by atoms with Gasteiger partial charge in [0, 0.05) is 27.0 Å². The summed E-state index contributed by atoms with van der Waals surface area (Å²) in [6, 6.07) is 12.6. The molecule has 0 aliphatic rings. The molecule has 0 saturated carbocycles. The minimum absolute atomic E-state index is 0.264. The average molecular weight is 317 g/mol. The third-order valence-electron chi connectivity index (χ3n) is 3.55. The Hall–Kier alpha value is -1.58. The molecule has 1 N–H and O–H groups in total. The highest BCUT2D eigenvalue weighted by atomic mass is 35.5. The predicted octanol–water partition coefficient (Wildman–Crippen LogP) is 5.69. The Bertz CT molecular complexity index is 766. The lowest BCUT2D eigenvalue weighted by Gasteiger charge is -2.16. The molecule has 21 heavy (non-hydrogen) atoms. The maximum absolute atomic E-state index is 6.22. The van der Waals surface area contributed by atoms with Crippen LogP contribution in [0.2, 0.25) is 5.02 Å². The van der Waals surface area contributed by atoms with E-state index in [0.29, 0.717) is 5.02 Å². The van der Waals surface area contributed by atoms with E-state index in [2.05, 4.69) is 42.3 Å². The van der Waals surface area contributed by atoms with Crippen molar-refractivity contribution in [3.63, 3.8) is 0 Å². The predicted molar refractivity (Wildman–Crippen MR) is 92.5 cm³/mol. The maximum atomic E-state index is 6.22. The van der Waals surface area contributed by atoms with Gasteiger partial charge in [0.1, 0.15) is 0 Å². The number of fused-ring (bicyclic) bond motifs is 1. The first-order valence-corrected chi connectivity index (χ1v) is 8.27. The van der Waals surface area contributed by atoms with E-state index in [-0.39, 0.29) is 6.04 Å². The van der Waals surface area contributed by atoms with Gasteiger partial charge in [-0.2, -0.15) is 0 Å². The molecule has 0 bridgehead atoms. The SMILES string of the molecule is CCc1ccc(C(C)Nc2ccc(Cl)c3ncccc23)s1. The second kappa shape index (κ2) is 6.04. The van der Waals surface area contributed by atoms with Gasteiger partial charge >= 0.3 is 0 Å². The molecule has 1 unspecified atom stereocenters. The van der Waals surface area contributed by atoms with E-state index in [1.54, 1.807) is 6.20 Å². The summed E-state index contributed by atoms with van der Waals surface area (Å²) < 4.78 is 0. The largest absolute Gasteiger partial charge is 0.377 e. The van der Waals surface area contributed by atoms with Crippen molar-refractivity contribution in [3.05, 3.63) is 57.4 Å². The quantitative estimate of drug-likeness (QED) is 0.669. The van der Waals surface area contributed by atoms with Gasteiger partial charge in [0.05, 0.1) is 16.6 Å². The van der Waals surface area contributed by atoms with E-state index in [0.717, 1.165) is 23.0 Å². The van der Waals surface area contributed by atoms with Gasteiger partial charge in [-0.1, -0.05) is 18.5 Å². The number of aromatic nitrogens is 1. The van der Waals surface area contributed by atoms with E-state index in [9.17, 15) is 0 Å². The molecular formula is C17H17ClN2S. The molecular weight excluding hydrogens is 300 g/mol. The van der Waals surface area contributed by atoms with Crippen molar-refractivity contribution >= 4 is 39.5 Å². The number of nitrogens with one attached hydrogen (secondary N) is 1. The Labute approximate surface area is 133 Å². The number of nitrogens with zero attached hydrogens (tertiary/aromatic N) is 1. The summed E-state index contributed by atoms with van der Waals surface area (Å²) >= 11 is 8.08. The molecule has 2 nitrogen and oxygen atoms in total. The highest BCUT2D eigenvalue weighted by molar-refractivity contribution is 7.12. The van der Waals surface area contributed by atoms with Gasteiger partial charge in [0.15, 0.2) is 0 Å². The Morgan fingerprint density at radius 3 is 2.86 bits per heavy atom. The lowest BCUT2D eigenvalue weighted by atomic mass is 10.1. The minimum Gasteiger partial charge on any atom is -0.377 e. The van der Waals surface area contributed by atoms with Crippen molar-refractivity contribution in [1.29, 1.82) is 0 Å². The average Bonchev–Trinajstić information content (AvgIpc) is 2.99. The van der Waals surface area contributed by atoms with Crippen LogP contribution in [0.5, 0.6) is 0 Å². The van der Waals surface area contributed by atoms with E-state index >= 15 is 0 Å². The Morgan fingerprint density at radius 2 is 2.10 bits per heavy atom. The fourth-order valence-electron chi connectivity index (χ4n) is 2.39. The number of aryl methyl sites for hydroxylation is 1. The minimum atomic E-state index is 0.264. The van der Waals surface area contributed by atoms with Crippen LogP contribution in [0.25, 0.3) is 10.9 Å². The molecule has 2 heterocycles.